The van der Waals surface area contributed by atoms with Crippen LogP contribution in [0.4, 0.5) is 4.79 Å². The SMILES string of the molecule is CNC(=O)NC(=O)CSc1nc2ccccc2nc1C. The lowest BCUT2D eigenvalue weighted by molar-refractivity contribution is -0.117. The summed E-state index contributed by atoms with van der Waals surface area (Å²) in [6, 6.07) is 7.04. The number of aryl methyl sites for hydroxylation is 1. The highest BCUT2D eigenvalue weighted by atomic mass is 32.2. The number of carbonyl (C=O) groups excluding carboxylic acids is 2. The van der Waals surface area contributed by atoms with Gasteiger partial charge in [-0.05, 0) is 19.1 Å². The first-order valence-electron chi connectivity index (χ1n) is 5.98. The number of urea groups is 1. The molecule has 2 rings (SSSR count). The van der Waals surface area contributed by atoms with E-state index < -0.39 is 6.03 Å². The Morgan fingerprint density at radius 2 is 1.85 bits per heavy atom. The van der Waals surface area contributed by atoms with E-state index in [1.165, 1.54) is 18.8 Å². The number of rotatable bonds is 3. The second kappa shape index (κ2) is 6.33. The molecule has 0 aliphatic heterocycles. The Balaban J connectivity index is 2.08. The molecule has 20 heavy (non-hydrogen) atoms. The van der Waals surface area contributed by atoms with Crippen LogP contribution < -0.4 is 10.6 Å². The number of fused-ring (bicyclic) bond motifs is 1. The van der Waals surface area contributed by atoms with Crippen LogP contribution in [-0.4, -0.2) is 34.7 Å². The minimum Gasteiger partial charge on any atom is -0.341 e. The average molecular weight is 290 g/mol. The largest absolute Gasteiger partial charge is 0.341 e. The number of thioether (sulfide) groups is 1. The summed E-state index contributed by atoms with van der Waals surface area (Å²) in [6.45, 7) is 1.85. The summed E-state index contributed by atoms with van der Waals surface area (Å²) in [6.07, 6.45) is 0. The summed E-state index contributed by atoms with van der Waals surface area (Å²) in [4.78, 5) is 31.4. The van der Waals surface area contributed by atoms with Crippen molar-refractivity contribution in [3.05, 3.63) is 30.0 Å². The van der Waals surface area contributed by atoms with Crippen molar-refractivity contribution >= 4 is 34.7 Å². The Labute approximate surface area is 120 Å². The van der Waals surface area contributed by atoms with Crippen LogP contribution in [0, 0.1) is 6.92 Å². The third-order valence-electron chi connectivity index (χ3n) is 2.52. The summed E-state index contributed by atoms with van der Waals surface area (Å²) >= 11 is 1.26. The van der Waals surface area contributed by atoms with Crippen LogP contribution in [0.15, 0.2) is 29.3 Å². The highest BCUT2D eigenvalue weighted by Gasteiger charge is 2.10. The quantitative estimate of drug-likeness (QED) is 0.837. The first-order chi connectivity index (χ1) is 9.60. The molecule has 104 valence electrons. The number of aromatic nitrogens is 2. The number of amides is 3. The van der Waals surface area contributed by atoms with Crippen LogP contribution in [0.1, 0.15) is 5.69 Å². The highest BCUT2D eigenvalue weighted by Crippen LogP contribution is 2.21. The molecule has 0 aliphatic carbocycles. The van der Waals surface area contributed by atoms with Gasteiger partial charge in [-0.25, -0.2) is 14.8 Å². The predicted octanol–water partition coefficient (Wildman–Crippen LogP) is 1.49. The molecule has 0 spiro atoms. The van der Waals surface area contributed by atoms with E-state index in [0.29, 0.717) is 5.03 Å². The molecular formula is C13H14N4O2S. The van der Waals surface area contributed by atoms with Gasteiger partial charge in [0, 0.05) is 7.05 Å². The van der Waals surface area contributed by atoms with E-state index in [-0.39, 0.29) is 11.7 Å². The molecule has 1 aromatic heterocycles. The van der Waals surface area contributed by atoms with Crippen molar-refractivity contribution in [2.24, 2.45) is 0 Å². The molecule has 6 nitrogen and oxygen atoms in total. The van der Waals surface area contributed by atoms with E-state index in [1.807, 2.05) is 31.2 Å². The highest BCUT2D eigenvalue weighted by molar-refractivity contribution is 7.99. The van der Waals surface area contributed by atoms with E-state index in [1.54, 1.807) is 0 Å². The molecule has 1 heterocycles. The summed E-state index contributed by atoms with van der Waals surface area (Å²) in [5.41, 5.74) is 2.37. The van der Waals surface area contributed by atoms with Gasteiger partial charge in [0.1, 0.15) is 5.03 Å². The van der Waals surface area contributed by atoms with Crippen molar-refractivity contribution < 1.29 is 9.59 Å². The van der Waals surface area contributed by atoms with Gasteiger partial charge in [0.15, 0.2) is 0 Å². The third kappa shape index (κ3) is 3.45. The van der Waals surface area contributed by atoms with Gasteiger partial charge >= 0.3 is 6.03 Å². The zero-order valence-corrected chi connectivity index (χ0v) is 12.0. The molecule has 2 N–H and O–H groups in total. The van der Waals surface area contributed by atoms with Crippen LogP contribution in [0.25, 0.3) is 11.0 Å². The van der Waals surface area contributed by atoms with Gasteiger partial charge in [0.05, 0.1) is 22.5 Å². The lowest BCUT2D eigenvalue weighted by Gasteiger charge is -2.06. The second-order valence-corrected chi connectivity index (χ2v) is 4.98. The van der Waals surface area contributed by atoms with E-state index in [4.69, 9.17) is 0 Å². The molecule has 0 saturated carbocycles. The standard InChI is InChI=1S/C13H14N4O2S/c1-8-12(20-7-11(18)17-13(19)14-2)16-10-6-4-3-5-9(10)15-8/h3-6H,7H2,1-2H3,(H2,14,17,18,19). The van der Waals surface area contributed by atoms with Gasteiger partial charge in [-0.3, -0.25) is 10.1 Å². The topological polar surface area (TPSA) is 84.0 Å². The van der Waals surface area contributed by atoms with Crippen LogP contribution in [-0.2, 0) is 4.79 Å². The van der Waals surface area contributed by atoms with Crippen molar-refractivity contribution in [3.8, 4) is 0 Å². The molecule has 1 aromatic carbocycles. The first-order valence-corrected chi connectivity index (χ1v) is 6.96. The molecule has 0 radical (unpaired) electrons. The fourth-order valence-electron chi connectivity index (χ4n) is 1.57. The van der Waals surface area contributed by atoms with E-state index >= 15 is 0 Å². The summed E-state index contributed by atoms with van der Waals surface area (Å²) in [5.74, 6) is -0.259. The minimum absolute atomic E-state index is 0.112. The molecular weight excluding hydrogens is 276 g/mol. The molecule has 0 saturated heterocycles. The zero-order chi connectivity index (χ0) is 14.5. The molecule has 0 aliphatic rings. The molecule has 0 unspecified atom stereocenters. The molecule has 3 amide bonds. The monoisotopic (exact) mass is 290 g/mol. The average Bonchev–Trinajstić information content (AvgIpc) is 2.44. The van der Waals surface area contributed by atoms with Crippen molar-refractivity contribution in [3.63, 3.8) is 0 Å². The fraction of sp³-hybridized carbons (Fsp3) is 0.231. The van der Waals surface area contributed by atoms with Crippen molar-refractivity contribution in [1.82, 2.24) is 20.6 Å². The Morgan fingerprint density at radius 3 is 2.50 bits per heavy atom. The van der Waals surface area contributed by atoms with Crippen LogP contribution >= 0.6 is 11.8 Å². The first kappa shape index (κ1) is 14.3. The van der Waals surface area contributed by atoms with Gasteiger partial charge in [-0.2, -0.15) is 0 Å². The van der Waals surface area contributed by atoms with E-state index in [2.05, 4.69) is 20.6 Å². The van der Waals surface area contributed by atoms with Gasteiger partial charge in [0.2, 0.25) is 5.91 Å². The molecule has 0 fully saturated rings. The summed E-state index contributed by atoms with van der Waals surface area (Å²) < 4.78 is 0. The smallest absolute Gasteiger partial charge is 0.321 e. The Bertz CT molecular complexity index is 660. The minimum atomic E-state index is -0.517. The number of nitrogens with zero attached hydrogens (tertiary/aromatic N) is 2. The molecule has 2 aromatic rings. The number of imide groups is 1. The lowest BCUT2D eigenvalue weighted by Crippen LogP contribution is -2.38. The van der Waals surface area contributed by atoms with E-state index in [9.17, 15) is 9.59 Å². The third-order valence-corrected chi connectivity index (χ3v) is 3.59. The fourth-order valence-corrected chi connectivity index (χ4v) is 2.33. The maximum Gasteiger partial charge on any atom is 0.321 e. The summed E-state index contributed by atoms with van der Waals surface area (Å²) in [5, 5.41) is 5.21. The molecule has 0 bridgehead atoms. The van der Waals surface area contributed by atoms with Gasteiger partial charge < -0.3 is 5.32 Å². The normalized spacial score (nSPS) is 10.3. The van der Waals surface area contributed by atoms with Crippen molar-refractivity contribution in [2.45, 2.75) is 11.9 Å². The van der Waals surface area contributed by atoms with Crippen molar-refractivity contribution in [2.75, 3.05) is 12.8 Å². The summed E-state index contributed by atoms with van der Waals surface area (Å²) in [7, 11) is 1.45. The molecule has 0 atom stereocenters. The number of para-hydroxylation sites is 2. The number of nitrogens with one attached hydrogen (secondary N) is 2. The number of benzene rings is 1. The van der Waals surface area contributed by atoms with Crippen LogP contribution in [0.2, 0.25) is 0 Å². The predicted molar refractivity (Wildman–Crippen MR) is 77.6 cm³/mol. The lowest BCUT2D eigenvalue weighted by atomic mass is 10.3. The van der Waals surface area contributed by atoms with Gasteiger partial charge in [-0.1, -0.05) is 23.9 Å². The number of hydrogen-bond acceptors (Lipinski definition) is 5. The van der Waals surface area contributed by atoms with Crippen molar-refractivity contribution in [1.29, 1.82) is 0 Å². The number of hydrogen-bond donors (Lipinski definition) is 2. The second-order valence-electron chi connectivity index (χ2n) is 4.02. The van der Waals surface area contributed by atoms with Crippen LogP contribution in [0.3, 0.4) is 0 Å². The Morgan fingerprint density at radius 1 is 1.20 bits per heavy atom. The van der Waals surface area contributed by atoms with Gasteiger partial charge in [0.25, 0.3) is 0 Å². The zero-order valence-electron chi connectivity index (χ0n) is 11.1. The maximum atomic E-state index is 11.5. The van der Waals surface area contributed by atoms with Crippen LogP contribution in [0.5, 0.6) is 0 Å². The Hall–Kier alpha value is -2.15. The maximum absolute atomic E-state index is 11.5. The van der Waals surface area contributed by atoms with E-state index in [0.717, 1.165) is 16.7 Å². The Kier molecular flexibility index (Phi) is 4.52. The van der Waals surface area contributed by atoms with Gasteiger partial charge in [-0.15, -0.1) is 0 Å². The number of carbonyl (C=O) groups is 2. The molecule has 7 heteroatoms.